The maximum absolute atomic E-state index is 15.2. The normalized spacial score (nSPS) is 20.7. The molecule has 2 aliphatic carbocycles. The van der Waals surface area contributed by atoms with Crippen molar-refractivity contribution in [3.8, 4) is 0 Å². The van der Waals surface area contributed by atoms with Crippen molar-refractivity contribution in [1.29, 1.82) is 0 Å². The summed E-state index contributed by atoms with van der Waals surface area (Å²) >= 11 is 0. The second-order valence-electron chi connectivity index (χ2n) is 12.1. The lowest BCUT2D eigenvalue weighted by Gasteiger charge is -2.18. The number of carbonyl (C=O) groups excluding carboxylic acids is 3. The summed E-state index contributed by atoms with van der Waals surface area (Å²) in [6.07, 6.45) is 6.58. The molecule has 1 aliphatic heterocycles. The van der Waals surface area contributed by atoms with Crippen LogP contribution in [0.15, 0.2) is 36.8 Å². The molecule has 5 heterocycles. The molecule has 2 N–H and O–H groups in total. The molecular formula is C31H33FN10O4. The molecule has 2 saturated carbocycles. The van der Waals surface area contributed by atoms with Gasteiger partial charge in [0, 0.05) is 61.9 Å². The maximum atomic E-state index is 15.2. The number of imide groups is 1. The number of likely N-dealkylation sites (N-methyl/N-ethyl adjacent to an activating group) is 1. The van der Waals surface area contributed by atoms with Gasteiger partial charge in [0.25, 0.3) is 0 Å². The molecule has 14 nitrogen and oxygen atoms in total. The van der Waals surface area contributed by atoms with Crippen LogP contribution in [0.1, 0.15) is 66.7 Å². The Hall–Kier alpha value is -5.05. The minimum atomic E-state index is -1.47. The number of halogens is 1. The van der Waals surface area contributed by atoms with Crippen LogP contribution >= 0.6 is 0 Å². The summed E-state index contributed by atoms with van der Waals surface area (Å²) in [5.74, 6) is 0.946. The summed E-state index contributed by atoms with van der Waals surface area (Å²) in [5, 5.41) is 6.22. The Labute approximate surface area is 263 Å². The number of aromatic nitrogens is 6. The number of amides is 4. The van der Waals surface area contributed by atoms with E-state index in [0.717, 1.165) is 10.6 Å². The molecule has 4 aromatic heterocycles. The van der Waals surface area contributed by atoms with Gasteiger partial charge in [-0.15, -0.1) is 0 Å². The third-order valence-electron chi connectivity index (χ3n) is 8.61. The van der Waals surface area contributed by atoms with Crippen molar-refractivity contribution in [3.05, 3.63) is 65.4 Å². The number of hydrogen-bond donors (Lipinski definition) is 2. The lowest BCUT2D eigenvalue weighted by Crippen LogP contribution is -2.30. The fraction of sp³-hybridized carbons (Fsp3) is 0.419. The van der Waals surface area contributed by atoms with Crippen molar-refractivity contribution < 1.29 is 23.5 Å². The van der Waals surface area contributed by atoms with Gasteiger partial charge in [-0.25, -0.2) is 34.1 Å². The second-order valence-corrected chi connectivity index (χ2v) is 12.1. The number of pyridine rings is 1. The van der Waals surface area contributed by atoms with E-state index < -0.39 is 17.7 Å². The Kier molecular flexibility index (Phi) is 7.14. The van der Waals surface area contributed by atoms with Crippen LogP contribution in [0.25, 0.3) is 5.65 Å². The quantitative estimate of drug-likeness (QED) is 0.248. The number of alkyl halides is 1. The number of rotatable bonds is 10. The molecule has 0 radical (unpaired) electrons. The van der Waals surface area contributed by atoms with E-state index >= 15 is 4.39 Å². The number of methoxy groups -OCH3 is 1. The van der Waals surface area contributed by atoms with Crippen molar-refractivity contribution in [2.75, 3.05) is 36.2 Å². The zero-order valence-corrected chi connectivity index (χ0v) is 25.8. The first-order valence-corrected chi connectivity index (χ1v) is 15.1. The van der Waals surface area contributed by atoms with Gasteiger partial charge < -0.3 is 19.8 Å². The highest BCUT2D eigenvalue weighted by Gasteiger charge is 2.47. The van der Waals surface area contributed by atoms with Crippen molar-refractivity contribution in [2.24, 2.45) is 5.92 Å². The molecule has 238 valence electrons. The summed E-state index contributed by atoms with van der Waals surface area (Å²) in [6, 6.07) is 4.18. The Morgan fingerprint density at radius 2 is 1.93 bits per heavy atom. The van der Waals surface area contributed by atoms with Crippen molar-refractivity contribution in [2.45, 2.75) is 57.3 Å². The third kappa shape index (κ3) is 5.50. The highest BCUT2D eigenvalue weighted by molar-refractivity contribution is 6.13. The fourth-order valence-electron chi connectivity index (χ4n) is 5.70. The lowest BCUT2D eigenvalue weighted by atomic mass is 10.1. The molecule has 15 heteroatoms. The SMILES string of the molecule is COCc1nc(NC(=O)[C@H]2C[C@@H]2c2nccc(C)n2)cc(N[C@H](C)c2cn3cc(C4(F)CC4)cc(N4CC(=O)N(C)C4=O)c3n2)n1. The third-order valence-corrected chi connectivity index (χ3v) is 8.61. The van der Waals surface area contributed by atoms with Crippen LogP contribution in [-0.4, -0.2) is 72.8 Å². The van der Waals surface area contributed by atoms with Gasteiger partial charge in [0.2, 0.25) is 11.8 Å². The number of carbonyl (C=O) groups is 3. The summed E-state index contributed by atoms with van der Waals surface area (Å²) in [4.78, 5) is 63.2. The molecule has 3 aliphatic rings. The van der Waals surface area contributed by atoms with E-state index in [2.05, 4.69) is 30.6 Å². The van der Waals surface area contributed by atoms with E-state index in [4.69, 9.17) is 9.72 Å². The Bertz CT molecular complexity index is 1890. The minimum Gasteiger partial charge on any atom is -0.377 e. The largest absolute Gasteiger partial charge is 0.377 e. The van der Waals surface area contributed by atoms with Gasteiger partial charge in [-0.05, 0) is 45.2 Å². The van der Waals surface area contributed by atoms with Crippen LogP contribution < -0.4 is 15.5 Å². The summed E-state index contributed by atoms with van der Waals surface area (Å²) in [6.45, 7) is 3.74. The van der Waals surface area contributed by atoms with Crippen LogP contribution in [0.2, 0.25) is 0 Å². The number of imidazole rings is 1. The molecule has 0 spiro atoms. The Morgan fingerprint density at radius 1 is 1.15 bits per heavy atom. The fourth-order valence-corrected chi connectivity index (χ4v) is 5.70. The monoisotopic (exact) mass is 628 g/mol. The number of anilines is 3. The first kappa shape index (κ1) is 29.6. The van der Waals surface area contributed by atoms with Crippen molar-refractivity contribution in [1.82, 2.24) is 34.2 Å². The summed E-state index contributed by atoms with van der Waals surface area (Å²) in [7, 11) is 2.95. The molecule has 7 rings (SSSR count). The highest BCUT2D eigenvalue weighted by atomic mass is 19.1. The van der Waals surface area contributed by atoms with Crippen LogP contribution in [-0.2, 0) is 26.6 Å². The maximum Gasteiger partial charge on any atom is 0.331 e. The number of ether oxygens (including phenoxy) is 1. The molecule has 0 unspecified atom stereocenters. The molecule has 3 atom stereocenters. The van der Waals surface area contributed by atoms with Crippen LogP contribution in [0.5, 0.6) is 0 Å². The van der Waals surface area contributed by atoms with Gasteiger partial charge in [0.15, 0.2) is 11.5 Å². The predicted molar refractivity (Wildman–Crippen MR) is 164 cm³/mol. The zero-order chi connectivity index (χ0) is 32.3. The lowest BCUT2D eigenvalue weighted by molar-refractivity contribution is -0.124. The predicted octanol–water partition coefficient (Wildman–Crippen LogP) is 3.64. The van der Waals surface area contributed by atoms with E-state index in [0.29, 0.717) is 65.1 Å². The molecule has 46 heavy (non-hydrogen) atoms. The van der Waals surface area contributed by atoms with E-state index in [1.807, 2.05) is 19.9 Å². The summed E-state index contributed by atoms with van der Waals surface area (Å²) in [5.41, 5.74) is 1.19. The average molecular weight is 629 g/mol. The topological polar surface area (TPSA) is 160 Å². The van der Waals surface area contributed by atoms with Gasteiger partial charge in [0.05, 0.1) is 17.4 Å². The minimum absolute atomic E-state index is 0.0418. The standard InChI is InChI=1S/C31H33FN10O4/c1-16-5-8-33-27(34-16)19-10-20(19)29(44)39-24-11-23(37-25(38-24)15-46-4)35-17(2)21-13-41-12-18(31(32)6-7-31)9-22(28(41)36-21)42-14-26(43)40(3)30(42)45/h5,8-9,11-13,17,19-20H,6-7,10,14-15H2,1-4H3,(H2,35,37,38,39,44)/t17-,19+,20+/m1/s1. The van der Waals surface area contributed by atoms with E-state index in [9.17, 15) is 14.4 Å². The van der Waals surface area contributed by atoms with Gasteiger partial charge in [-0.1, -0.05) is 0 Å². The van der Waals surface area contributed by atoms with E-state index in [1.54, 1.807) is 35.1 Å². The number of aryl methyl sites for hydroxylation is 1. The molecule has 0 aromatic carbocycles. The number of fused-ring (bicyclic) bond motifs is 1. The average Bonchev–Trinajstić information content (AvgIpc) is 3.92. The molecule has 4 aromatic rings. The highest BCUT2D eigenvalue weighted by Crippen LogP contribution is 2.50. The number of hydrogen-bond acceptors (Lipinski definition) is 10. The van der Waals surface area contributed by atoms with Gasteiger partial charge >= 0.3 is 6.03 Å². The molecule has 4 amide bonds. The second kappa shape index (κ2) is 11.1. The molecule has 3 fully saturated rings. The summed E-state index contributed by atoms with van der Waals surface area (Å²) < 4.78 is 22.2. The van der Waals surface area contributed by atoms with Crippen LogP contribution in [0, 0.1) is 12.8 Å². The van der Waals surface area contributed by atoms with E-state index in [-0.39, 0.29) is 36.8 Å². The molecule has 1 saturated heterocycles. The Balaban J connectivity index is 1.14. The van der Waals surface area contributed by atoms with Gasteiger partial charge in [-0.2, -0.15) is 0 Å². The number of urea groups is 1. The zero-order valence-electron chi connectivity index (χ0n) is 25.8. The van der Waals surface area contributed by atoms with Crippen LogP contribution in [0.3, 0.4) is 0 Å². The first-order valence-electron chi connectivity index (χ1n) is 15.1. The molecular weight excluding hydrogens is 595 g/mol. The van der Waals surface area contributed by atoms with Gasteiger partial charge in [-0.3, -0.25) is 19.4 Å². The first-order chi connectivity index (χ1) is 22.0. The number of nitrogens with zero attached hydrogens (tertiary/aromatic N) is 8. The smallest absolute Gasteiger partial charge is 0.331 e. The van der Waals surface area contributed by atoms with Gasteiger partial charge in [0.1, 0.15) is 36.3 Å². The van der Waals surface area contributed by atoms with Crippen LogP contribution in [0.4, 0.5) is 26.5 Å². The van der Waals surface area contributed by atoms with Crippen molar-refractivity contribution in [3.63, 3.8) is 0 Å². The Morgan fingerprint density at radius 3 is 2.63 bits per heavy atom. The van der Waals surface area contributed by atoms with Crippen molar-refractivity contribution >= 4 is 40.8 Å². The molecule has 0 bridgehead atoms. The number of nitrogens with one attached hydrogen (secondary N) is 2. The van der Waals surface area contributed by atoms with E-state index in [1.165, 1.54) is 19.1 Å².